The van der Waals surface area contributed by atoms with Crippen LogP contribution in [0.25, 0.3) is 5.69 Å². The molecule has 0 bridgehead atoms. The highest BCUT2D eigenvalue weighted by atomic mass is 19.1. The lowest BCUT2D eigenvalue weighted by Gasteiger charge is -2.32. The summed E-state index contributed by atoms with van der Waals surface area (Å²) in [4.78, 5) is 29.5. The molecule has 2 aliphatic rings. The number of benzene rings is 2. The fraction of sp³-hybridized carbons (Fsp3) is 0.357. The fourth-order valence-electron chi connectivity index (χ4n) is 5.06. The van der Waals surface area contributed by atoms with Gasteiger partial charge in [0, 0.05) is 43.4 Å². The lowest BCUT2D eigenvalue weighted by atomic mass is 9.96. The number of amides is 2. The maximum atomic E-state index is 13.9. The average Bonchev–Trinajstić information content (AvgIpc) is 3.37. The van der Waals surface area contributed by atoms with E-state index in [2.05, 4.69) is 14.8 Å². The lowest BCUT2D eigenvalue weighted by Crippen LogP contribution is -2.39. The van der Waals surface area contributed by atoms with Crippen molar-refractivity contribution in [3.8, 4) is 5.69 Å². The molecule has 3 heterocycles. The third-order valence-electron chi connectivity index (χ3n) is 7.10. The van der Waals surface area contributed by atoms with Gasteiger partial charge in [0.2, 0.25) is 11.8 Å². The van der Waals surface area contributed by atoms with E-state index in [0.29, 0.717) is 25.6 Å². The molecule has 6 nitrogen and oxygen atoms in total. The van der Waals surface area contributed by atoms with Crippen LogP contribution in [-0.4, -0.2) is 40.9 Å². The van der Waals surface area contributed by atoms with Gasteiger partial charge in [0.25, 0.3) is 0 Å². The highest BCUT2D eigenvalue weighted by molar-refractivity contribution is 5.97. The van der Waals surface area contributed by atoms with E-state index in [1.165, 1.54) is 6.07 Å². The Hall–Kier alpha value is -3.45. The predicted octanol–water partition coefficient (Wildman–Crippen LogP) is 4.27. The van der Waals surface area contributed by atoms with Gasteiger partial charge in [0.1, 0.15) is 5.82 Å². The van der Waals surface area contributed by atoms with Gasteiger partial charge in [-0.1, -0.05) is 30.3 Å². The van der Waals surface area contributed by atoms with E-state index in [-0.39, 0.29) is 30.5 Å². The normalized spacial score (nSPS) is 16.0. The van der Waals surface area contributed by atoms with Gasteiger partial charge in [-0.25, -0.2) is 4.39 Å². The van der Waals surface area contributed by atoms with Crippen molar-refractivity contribution in [3.05, 3.63) is 83.9 Å². The summed E-state index contributed by atoms with van der Waals surface area (Å²) in [6, 6.07) is 18.8. The van der Waals surface area contributed by atoms with E-state index < -0.39 is 0 Å². The minimum Gasteiger partial charge on any atom is -0.356 e. The van der Waals surface area contributed by atoms with Crippen LogP contribution in [0.15, 0.2) is 66.9 Å². The number of likely N-dealkylation sites (tertiary alicyclic amines) is 1. The molecule has 2 aliphatic heterocycles. The monoisotopic (exact) mass is 474 g/mol. The Labute approximate surface area is 205 Å². The summed E-state index contributed by atoms with van der Waals surface area (Å²) < 4.78 is 16.0. The summed E-state index contributed by atoms with van der Waals surface area (Å²) in [6.07, 6.45) is 4.32. The van der Waals surface area contributed by atoms with E-state index in [1.54, 1.807) is 11.0 Å². The number of carbonyl (C=O) groups excluding carboxylic acids is 2. The molecular weight excluding hydrogens is 443 g/mol. The number of carbonyl (C=O) groups is 2. The standard InChI is InChI=1S/C28H31FN4O2/c29-24-8-2-1-6-22(24)19-31-16-13-21(14-17-31)18-30-27(34)11-12-28(35)33-20-23-7-5-15-32(23)25-9-3-4-10-26(25)33/h1-10,15,21H,11-14,16-20H2,(H,30,34). The van der Waals surface area contributed by atoms with Crippen molar-refractivity contribution >= 4 is 17.5 Å². The van der Waals surface area contributed by atoms with E-state index in [1.807, 2.05) is 54.7 Å². The highest BCUT2D eigenvalue weighted by Crippen LogP contribution is 2.32. The smallest absolute Gasteiger partial charge is 0.227 e. The molecule has 35 heavy (non-hydrogen) atoms. The number of piperidine rings is 1. The van der Waals surface area contributed by atoms with Gasteiger partial charge in [-0.05, 0) is 62.2 Å². The molecule has 0 atom stereocenters. The van der Waals surface area contributed by atoms with Crippen molar-refractivity contribution in [1.82, 2.24) is 14.8 Å². The van der Waals surface area contributed by atoms with Crippen LogP contribution in [0.2, 0.25) is 0 Å². The van der Waals surface area contributed by atoms with E-state index in [0.717, 1.165) is 48.6 Å². The molecule has 1 aromatic heterocycles. The number of nitrogens with zero attached hydrogens (tertiary/aromatic N) is 3. The second-order valence-corrected chi connectivity index (χ2v) is 9.45. The summed E-state index contributed by atoms with van der Waals surface area (Å²) in [7, 11) is 0. The number of aromatic nitrogens is 1. The Morgan fingerprint density at radius 3 is 2.46 bits per heavy atom. The molecule has 0 aliphatic carbocycles. The van der Waals surface area contributed by atoms with Crippen LogP contribution in [0.4, 0.5) is 10.1 Å². The van der Waals surface area contributed by atoms with Crippen molar-refractivity contribution in [2.24, 2.45) is 5.92 Å². The maximum Gasteiger partial charge on any atom is 0.227 e. The number of nitrogens with one attached hydrogen (secondary N) is 1. The molecule has 1 N–H and O–H groups in total. The van der Waals surface area contributed by atoms with Gasteiger partial charge < -0.3 is 14.8 Å². The Balaban J connectivity index is 1.06. The molecule has 2 amide bonds. The summed E-state index contributed by atoms with van der Waals surface area (Å²) in [5.41, 5.74) is 3.65. The van der Waals surface area contributed by atoms with E-state index in [4.69, 9.17) is 0 Å². The molecule has 0 saturated carbocycles. The second kappa shape index (κ2) is 10.4. The van der Waals surface area contributed by atoms with Crippen LogP contribution in [0.1, 0.15) is 36.9 Å². The molecule has 1 saturated heterocycles. The van der Waals surface area contributed by atoms with Crippen molar-refractivity contribution in [2.75, 3.05) is 24.5 Å². The van der Waals surface area contributed by atoms with Crippen molar-refractivity contribution in [3.63, 3.8) is 0 Å². The third-order valence-corrected chi connectivity index (χ3v) is 7.10. The summed E-state index contributed by atoms with van der Waals surface area (Å²) in [5.74, 6) is 0.133. The first-order valence-electron chi connectivity index (χ1n) is 12.4. The van der Waals surface area contributed by atoms with Crippen LogP contribution in [0.3, 0.4) is 0 Å². The Morgan fingerprint density at radius 2 is 1.66 bits per heavy atom. The number of anilines is 1. The summed E-state index contributed by atoms with van der Waals surface area (Å²) >= 11 is 0. The van der Waals surface area contributed by atoms with Crippen LogP contribution < -0.4 is 10.2 Å². The average molecular weight is 475 g/mol. The van der Waals surface area contributed by atoms with Gasteiger partial charge in [0.05, 0.1) is 17.9 Å². The van der Waals surface area contributed by atoms with Crippen LogP contribution >= 0.6 is 0 Å². The molecule has 7 heteroatoms. The van der Waals surface area contributed by atoms with E-state index >= 15 is 0 Å². The Bertz CT molecular complexity index is 1200. The second-order valence-electron chi connectivity index (χ2n) is 9.45. The first-order valence-corrected chi connectivity index (χ1v) is 12.4. The minimum atomic E-state index is -0.154. The topological polar surface area (TPSA) is 57.6 Å². The Morgan fingerprint density at radius 1 is 0.914 bits per heavy atom. The minimum absolute atomic E-state index is 0.0403. The molecule has 3 aromatic rings. The molecule has 2 aromatic carbocycles. The van der Waals surface area contributed by atoms with Crippen molar-refractivity contribution in [2.45, 2.75) is 38.8 Å². The summed E-state index contributed by atoms with van der Waals surface area (Å²) in [6.45, 7) is 3.54. The van der Waals surface area contributed by atoms with Gasteiger partial charge in [-0.15, -0.1) is 0 Å². The predicted molar refractivity (Wildman–Crippen MR) is 134 cm³/mol. The number of para-hydroxylation sites is 2. The molecule has 1 fully saturated rings. The number of halogens is 1. The third kappa shape index (κ3) is 5.30. The zero-order valence-electron chi connectivity index (χ0n) is 19.8. The molecule has 0 unspecified atom stereocenters. The van der Waals surface area contributed by atoms with Gasteiger partial charge >= 0.3 is 0 Å². The number of fused-ring (bicyclic) bond motifs is 3. The van der Waals surface area contributed by atoms with Crippen LogP contribution in [0, 0.1) is 11.7 Å². The number of hydrogen-bond acceptors (Lipinski definition) is 3. The quantitative estimate of drug-likeness (QED) is 0.556. The molecule has 0 radical (unpaired) electrons. The first kappa shape index (κ1) is 23.3. The number of hydrogen-bond donors (Lipinski definition) is 1. The summed E-state index contributed by atoms with van der Waals surface area (Å²) in [5, 5.41) is 3.02. The van der Waals surface area contributed by atoms with Gasteiger partial charge in [-0.3, -0.25) is 14.5 Å². The molecule has 0 spiro atoms. The van der Waals surface area contributed by atoms with Gasteiger partial charge in [0.15, 0.2) is 0 Å². The van der Waals surface area contributed by atoms with Crippen molar-refractivity contribution < 1.29 is 14.0 Å². The SMILES string of the molecule is O=C(CCC(=O)N1Cc2cccn2-c2ccccc21)NCC1CCN(Cc2ccccc2F)CC1. The van der Waals surface area contributed by atoms with E-state index in [9.17, 15) is 14.0 Å². The molecular formula is C28H31FN4O2. The van der Waals surface area contributed by atoms with Crippen LogP contribution in [-0.2, 0) is 22.7 Å². The lowest BCUT2D eigenvalue weighted by molar-refractivity contribution is -0.125. The highest BCUT2D eigenvalue weighted by Gasteiger charge is 2.26. The first-order chi connectivity index (χ1) is 17.1. The van der Waals surface area contributed by atoms with Crippen molar-refractivity contribution in [1.29, 1.82) is 0 Å². The number of rotatable bonds is 7. The van der Waals surface area contributed by atoms with Crippen LogP contribution in [0.5, 0.6) is 0 Å². The maximum absolute atomic E-state index is 13.9. The largest absolute Gasteiger partial charge is 0.356 e. The molecule has 182 valence electrons. The Kier molecular flexibility index (Phi) is 6.95. The van der Waals surface area contributed by atoms with Gasteiger partial charge in [-0.2, -0.15) is 0 Å². The zero-order chi connectivity index (χ0) is 24.2. The molecule has 5 rings (SSSR count). The zero-order valence-corrected chi connectivity index (χ0v) is 19.8. The fourth-order valence-corrected chi connectivity index (χ4v) is 5.06.